The lowest BCUT2D eigenvalue weighted by Gasteiger charge is -2.59. The number of carbonyl (C=O) groups excluding carboxylic acids is 2. The first kappa shape index (κ1) is 12.7. The molecule has 1 aromatic carbocycles. The Kier molecular flexibility index (Phi) is 2.26. The number of hydrogen-bond donors (Lipinski definition) is 1. The molecule has 2 amide bonds. The summed E-state index contributed by atoms with van der Waals surface area (Å²) in [4.78, 5) is 27.3. The van der Waals surface area contributed by atoms with Crippen molar-refractivity contribution in [3.05, 3.63) is 29.3 Å². The minimum absolute atomic E-state index is 0.0484. The highest BCUT2D eigenvalue weighted by Gasteiger charge is 2.58. The van der Waals surface area contributed by atoms with Crippen LogP contribution < -0.4 is 0 Å². The highest BCUT2D eigenvalue weighted by atomic mass is 16.3. The predicted octanol–water partition coefficient (Wildman–Crippen LogP) is 2.96. The zero-order valence-corrected chi connectivity index (χ0v) is 12.4. The van der Waals surface area contributed by atoms with Gasteiger partial charge in [-0.05, 0) is 74.5 Å². The van der Waals surface area contributed by atoms with Gasteiger partial charge < -0.3 is 5.11 Å². The number of carbonyl (C=O) groups is 2. The van der Waals surface area contributed by atoms with Crippen LogP contribution in [0.5, 0.6) is 5.75 Å². The van der Waals surface area contributed by atoms with E-state index in [0.717, 1.165) is 19.3 Å². The summed E-state index contributed by atoms with van der Waals surface area (Å²) in [5.74, 6) is 1.75. The van der Waals surface area contributed by atoms with Gasteiger partial charge in [-0.3, -0.25) is 14.5 Å². The Morgan fingerprint density at radius 2 is 1.45 bits per heavy atom. The molecule has 4 fully saturated rings. The molecule has 4 saturated carbocycles. The van der Waals surface area contributed by atoms with Gasteiger partial charge in [0.25, 0.3) is 11.8 Å². The van der Waals surface area contributed by atoms with Crippen molar-refractivity contribution >= 4 is 11.8 Å². The molecule has 4 nitrogen and oxygen atoms in total. The van der Waals surface area contributed by atoms with Crippen molar-refractivity contribution in [3.8, 4) is 5.75 Å². The van der Waals surface area contributed by atoms with Gasteiger partial charge in [0.1, 0.15) is 5.75 Å². The minimum Gasteiger partial charge on any atom is -0.508 e. The van der Waals surface area contributed by atoms with Gasteiger partial charge in [0.05, 0.1) is 16.7 Å². The zero-order valence-electron chi connectivity index (χ0n) is 12.4. The number of amides is 2. The van der Waals surface area contributed by atoms with Crippen LogP contribution in [0, 0.1) is 17.8 Å². The summed E-state index contributed by atoms with van der Waals surface area (Å²) < 4.78 is 0. The number of aromatic hydroxyl groups is 1. The van der Waals surface area contributed by atoms with E-state index >= 15 is 0 Å². The third-order valence-corrected chi connectivity index (χ3v) is 6.35. The van der Waals surface area contributed by atoms with E-state index in [1.807, 2.05) is 0 Å². The highest BCUT2D eigenvalue weighted by molar-refractivity contribution is 6.22. The lowest BCUT2D eigenvalue weighted by Crippen LogP contribution is -2.61. The fourth-order valence-electron chi connectivity index (χ4n) is 6.00. The van der Waals surface area contributed by atoms with Gasteiger partial charge in [-0.15, -0.1) is 0 Å². The van der Waals surface area contributed by atoms with E-state index in [0.29, 0.717) is 28.9 Å². The molecule has 6 rings (SSSR count). The molecule has 4 aliphatic carbocycles. The van der Waals surface area contributed by atoms with Crippen molar-refractivity contribution in [2.24, 2.45) is 17.8 Å². The van der Waals surface area contributed by atoms with E-state index in [9.17, 15) is 14.7 Å². The molecule has 114 valence electrons. The van der Waals surface area contributed by atoms with Crippen molar-refractivity contribution in [3.63, 3.8) is 0 Å². The summed E-state index contributed by atoms with van der Waals surface area (Å²) in [6.07, 6.45) is 6.79. The molecule has 1 heterocycles. The Hall–Kier alpha value is -1.84. The molecule has 0 atom stereocenters. The van der Waals surface area contributed by atoms with Crippen LogP contribution in [0.15, 0.2) is 18.2 Å². The molecule has 22 heavy (non-hydrogen) atoms. The second-order valence-electron chi connectivity index (χ2n) is 7.82. The van der Waals surface area contributed by atoms with Gasteiger partial charge in [-0.25, -0.2) is 0 Å². The van der Waals surface area contributed by atoms with Crippen LogP contribution in [-0.4, -0.2) is 27.4 Å². The molecule has 1 aliphatic heterocycles. The van der Waals surface area contributed by atoms with Gasteiger partial charge in [-0.1, -0.05) is 0 Å². The Labute approximate surface area is 129 Å². The number of fused-ring (bicyclic) bond motifs is 1. The van der Waals surface area contributed by atoms with Gasteiger partial charge in [-0.2, -0.15) is 0 Å². The van der Waals surface area contributed by atoms with Crippen LogP contribution in [0.2, 0.25) is 0 Å². The molecular formula is C18H19NO3. The zero-order chi connectivity index (χ0) is 15.1. The summed E-state index contributed by atoms with van der Waals surface area (Å²) in [6, 6.07) is 4.52. The van der Waals surface area contributed by atoms with E-state index in [-0.39, 0.29) is 23.1 Å². The van der Waals surface area contributed by atoms with Crippen molar-refractivity contribution in [1.29, 1.82) is 0 Å². The molecule has 4 bridgehead atoms. The number of nitrogens with zero attached hydrogens (tertiary/aromatic N) is 1. The molecule has 5 aliphatic rings. The van der Waals surface area contributed by atoms with Gasteiger partial charge >= 0.3 is 0 Å². The van der Waals surface area contributed by atoms with Crippen LogP contribution in [-0.2, 0) is 0 Å². The number of rotatable bonds is 1. The summed E-state index contributed by atoms with van der Waals surface area (Å²) in [5.41, 5.74) is 0.580. The van der Waals surface area contributed by atoms with Crippen LogP contribution >= 0.6 is 0 Å². The molecule has 4 heteroatoms. The third kappa shape index (κ3) is 1.48. The van der Waals surface area contributed by atoms with Crippen LogP contribution in [0.25, 0.3) is 0 Å². The second kappa shape index (κ2) is 3.92. The van der Waals surface area contributed by atoms with Crippen molar-refractivity contribution in [2.45, 2.75) is 44.1 Å². The Morgan fingerprint density at radius 3 is 2.05 bits per heavy atom. The van der Waals surface area contributed by atoms with E-state index in [1.165, 1.54) is 31.4 Å². The maximum atomic E-state index is 12.9. The van der Waals surface area contributed by atoms with Gasteiger partial charge in [0.15, 0.2) is 0 Å². The van der Waals surface area contributed by atoms with Crippen molar-refractivity contribution in [2.75, 3.05) is 0 Å². The number of phenolic OH excluding ortho intramolecular Hbond substituents is 1. The van der Waals surface area contributed by atoms with Gasteiger partial charge in [0, 0.05) is 0 Å². The summed E-state index contributed by atoms with van der Waals surface area (Å²) in [7, 11) is 0. The lowest BCUT2D eigenvalue weighted by atomic mass is 9.52. The molecule has 0 unspecified atom stereocenters. The van der Waals surface area contributed by atoms with Crippen LogP contribution in [0.1, 0.15) is 59.2 Å². The fourth-order valence-corrected chi connectivity index (χ4v) is 6.00. The second-order valence-corrected chi connectivity index (χ2v) is 7.82. The highest BCUT2D eigenvalue weighted by Crippen LogP contribution is 2.58. The summed E-state index contributed by atoms with van der Waals surface area (Å²) in [5, 5.41) is 9.64. The van der Waals surface area contributed by atoms with Crippen LogP contribution in [0.3, 0.4) is 0 Å². The normalized spacial score (nSPS) is 38.7. The molecular weight excluding hydrogens is 278 g/mol. The maximum Gasteiger partial charge on any atom is 0.262 e. The first-order valence-corrected chi connectivity index (χ1v) is 8.28. The summed E-state index contributed by atoms with van der Waals surface area (Å²) >= 11 is 0. The monoisotopic (exact) mass is 297 g/mol. The van der Waals surface area contributed by atoms with E-state index in [4.69, 9.17) is 0 Å². The quantitative estimate of drug-likeness (QED) is 0.811. The molecule has 0 aromatic heterocycles. The SMILES string of the molecule is O=C1c2ccc(O)cc2C(=O)N1C12CC3CC(CC(C3)C1)C2. The van der Waals surface area contributed by atoms with Crippen molar-refractivity contribution < 1.29 is 14.7 Å². The standard InChI is InChI=1S/C18H19NO3/c20-13-1-2-14-15(6-13)17(22)19(16(14)21)18-7-10-3-11(8-18)5-12(4-10)9-18/h1-2,6,10-12,20H,3-5,7-9H2. The molecule has 1 N–H and O–H groups in total. The maximum absolute atomic E-state index is 12.9. The predicted molar refractivity (Wildman–Crippen MR) is 79.5 cm³/mol. The molecule has 0 radical (unpaired) electrons. The minimum atomic E-state index is -0.252. The average Bonchev–Trinajstić information content (AvgIpc) is 2.69. The first-order valence-electron chi connectivity index (χ1n) is 8.28. The van der Waals surface area contributed by atoms with Crippen molar-refractivity contribution in [1.82, 2.24) is 4.90 Å². The molecule has 1 aromatic rings. The van der Waals surface area contributed by atoms with E-state index in [1.54, 1.807) is 11.0 Å². The topological polar surface area (TPSA) is 57.6 Å². The molecule has 0 saturated heterocycles. The third-order valence-electron chi connectivity index (χ3n) is 6.35. The summed E-state index contributed by atoms with van der Waals surface area (Å²) in [6.45, 7) is 0. The number of imide groups is 1. The number of benzene rings is 1. The fraction of sp³-hybridized carbons (Fsp3) is 0.556. The van der Waals surface area contributed by atoms with Crippen LogP contribution in [0.4, 0.5) is 0 Å². The Bertz CT molecular complexity index is 673. The Balaban J connectivity index is 1.59. The van der Waals surface area contributed by atoms with Gasteiger partial charge in [0.2, 0.25) is 0 Å². The Morgan fingerprint density at radius 1 is 0.909 bits per heavy atom. The first-order chi connectivity index (χ1) is 10.6. The average molecular weight is 297 g/mol. The smallest absolute Gasteiger partial charge is 0.262 e. The number of hydrogen-bond acceptors (Lipinski definition) is 3. The van der Waals surface area contributed by atoms with E-state index < -0.39 is 0 Å². The largest absolute Gasteiger partial charge is 0.508 e. The molecule has 0 spiro atoms. The lowest BCUT2D eigenvalue weighted by molar-refractivity contribution is -0.0620. The number of phenols is 1. The van der Waals surface area contributed by atoms with E-state index in [2.05, 4.69) is 0 Å².